The molecule has 1 aromatic heterocycles. The number of aliphatic carboxylic acids is 1. The lowest BCUT2D eigenvalue weighted by atomic mass is 9.90. The molecule has 0 aliphatic carbocycles. The average molecular weight is 329 g/mol. The quantitative estimate of drug-likeness (QED) is 0.929. The molecule has 1 aliphatic heterocycles. The van der Waals surface area contributed by atoms with Crippen LogP contribution in [0.3, 0.4) is 0 Å². The normalized spacial score (nSPS) is 20.2. The van der Waals surface area contributed by atoms with Gasteiger partial charge in [-0.1, -0.05) is 12.1 Å². The highest BCUT2D eigenvalue weighted by molar-refractivity contribution is 5.97. The molecule has 7 heteroatoms. The highest BCUT2D eigenvalue weighted by Crippen LogP contribution is 2.33. The Hall–Kier alpha value is -2.83. The molecule has 1 aromatic carbocycles. The van der Waals surface area contributed by atoms with Gasteiger partial charge in [-0.15, -0.1) is 0 Å². The number of hydrogen-bond acceptors (Lipinski definition) is 4. The lowest BCUT2D eigenvalue weighted by Gasteiger charge is -2.21. The van der Waals surface area contributed by atoms with Gasteiger partial charge in [0.25, 0.3) is 5.91 Å². The first-order chi connectivity index (χ1) is 11.4. The Bertz CT molecular complexity index is 786. The van der Waals surface area contributed by atoms with Crippen LogP contribution in [0.2, 0.25) is 0 Å². The fourth-order valence-corrected chi connectivity index (χ4v) is 2.79. The summed E-state index contributed by atoms with van der Waals surface area (Å²) in [5, 5.41) is 13.4. The number of aromatic nitrogens is 2. The Balaban J connectivity index is 1.82. The van der Waals surface area contributed by atoms with E-state index in [0.29, 0.717) is 30.0 Å². The number of carbonyl (C=O) groups is 2. The molecule has 0 spiro atoms. The minimum Gasteiger partial charge on any atom is -0.481 e. The smallest absolute Gasteiger partial charge is 0.311 e. The first-order valence-electron chi connectivity index (χ1n) is 7.67. The van der Waals surface area contributed by atoms with Crippen molar-refractivity contribution in [1.82, 2.24) is 14.7 Å². The molecule has 1 aliphatic rings. The zero-order chi connectivity index (χ0) is 17.3. The number of aryl methyl sites for hydroxylation is 1. The van der Waals surface area contributed by atoms with Crippen LogP contribution in [0, 0.1) is 5.41 Å². The summed E-state index contributed by atoms with van der Waals surface area (Å²) in [5.74, 6) is -0.133. The second-order valence-electron chi connectivity index (χ2n) is 6.29. The van der Waals surface area contributed by atoms with E-state index in [-0.39, 0.29) is 12.5 Å². The number of nitrogens with zero attached hydrogens (tertiary/aromatic N) is 3. The summed E-state index contributed by atoms with van der Waals surface area (Å²) in [7, 11) is 1.78. The zero-order valence-corrected chi connectivity index (χ0v) is 13.6. The molecule has 126 valence electrons. The first-order valence-corrected chi connectivity index (χ1v) is 7.67. The van der Waals surface area contributed by atoms with Crippen molar-refractivity contribution in [3.63, 3.8) is 0 Å². The van der Waals surface area contributed by atoms with Gasteiger partial charge in [-0.2, -0.15) is 5.10 Å². The molecule has 1 atom stereocenters. The number of carboxylic acid groups (broad SMARTS) is 1. The summed E-state index contributed by atoms with van der Waals surface area (Å²) in [6.07, 6.45) is 3.72. The molecule has 1 N–H and O–H groups in total. The van der Waals surface area contributed by atoms with E-state index in [4.69, 9.17) is 4.74 Å². The molecule has 24 heavy (non-hydrogen) atoms. The molecule has 7 nitrogen and oxygen atoms in total. The molecule has 1 fully saturated rings. The second kappa shape index (κ2) is 5.99. The molecule has 1 amide bonds. The molecule has 0 radical (unpaired) electrons. The molecular formula is C17H19N3O4. The maximum absolute atomic E-state index is 12.8. The molecule has 0 bridgehead atoms. The third-order valence-corrected chi connectivity index (χ3v) is 4.30. The highest BCUT2D eigenvalue weighted by Gasteiger charge is 2.42. The van der Waals surface area contributed by atoms with Crippen LogP contribution in [0.15, 0.2) is 36.7 Å². The van der Waals surface area contributed by atoms with Crippen LogP contribution in [0.5, 0.6) is 11.5 Å². The number of benzene rings is 1. The number of para-hydroxylation sites is 1. The van der Waals surface area contributed by atoms with Gasteiger partial charge in [0.05, 0.1) is 23.4 Å². The molecule has 3 rings (SSSR count). The Kier molecular flexibility index (Phi) is 4.01. The van der Waals surface area contributed by atoms with Gasteiger partial charge in [0.2, 0.25) is 0 Å². The number of rotatable bonds is 4. The van der Waals surface area contributed by atoms with Crippen LogP contribution < -0.4 is 4.74 Å². The third kappa shape index (κ3) is 2.97. The Labute approximate surface area is 139 Å². The average Bonchev–Trinajstić information content (AvgIpc) is 3.14. The van der Waals surface area contributed by atoms with Crippen LogP contribution >= 0.6 is 0 Å². The van der Waals surface area contributed by atoms with Crippen molar-refractivity contribution in [1.29, 1.82) is 0 Å². The fraction of sp³-hybridized carbons (Fsp3) is 0.353. The largest absolute Gasteiger partial charge is 0.481 e. The SMILES string of the molecule is Cn1cc(Oc2ccccc2C(=O)N2CCC(C)(C(=O)O)C2)cn1. The zero-order valence-electron chi connectivity index (χ0n) is 13.6. The van der Waals surface area contributed by atoms with Gasteiger partial charge in [-0.25, -0.2) is 0 Å². The molecular weight excluding hydrogens is 310 g/mol. The summed E-state index contributed by atoms with van der Waals surface area (Å²) < 4.78 is 7.37. The van der Waals surface area contributed by atoms with E-state index in [0.717, 1.165) is 0 Å². The van der Waals surface area contributed by atoms with Crippen LogP contribution in [-0.4, -0.2) is 44.8 Å². The monoisotopic (exact) mass is 329 g/mol. The van der Waals surface area contributed by atoms with Crippen LogP contribution in [0.25, 0.3) is 0 Å². The maximum Gasteiger partial charge on any atom is 0.311 e. The number of carboxylic acids is 1. The van der Waals surface area contributed by atoms with E-state index in [1.807, 2.05) is 0 Å². The van der Waals surface area contributed by atoms with E-state index in [1.165, 1.54) is 0 Å². The predicted molar refractivity (Wildman–Crippen MR) is 86.0 cm³/mol. The van der Waals surface area contributed by atoms with Gasteiger partial charge >= 0.3 is 5.97 Å². The Morgan fingerprint density at radius 1 is 1.33 bits per heavy atom. The van der Waals surface area contributed by atoms with Gasteiger partial charge in [0.15, 0.2) is 5.75 Å². The van der Waals surface area contributed by atoms with Gasteiger partial charge in [-0.3, -0.25) is 14.3 Å². The van der Waals surface area contributed by atoms with Gasteiger partial charge in [-0.05, 0) is 25.5 Å². The molecule has 1 saturated heterocycles. The second-order valence-corrected chi connectivity index (χ2v) is 6.29. The van der Waals surface area contributed by atoms with Crippen molar-refractivity contribution in [2.24, 2.45) is 12.5 Å². The topological polar surface area (TPSA) is 84.7 Å². The van der Waals surface area contributed by atoms with Gasteiger partial charge in [0, 0.05) is 20.1 Å². The van der Waals surface area contributed by atoms with Crippen molar-refractivity contribution in [3.05, 3.63) is 42.2 Å². The number of carbonyl (C=O) groups excluding carboxylic acids is 1. The molecule has 2 heterocycles. The highest BCUT2D eigenvalue weighted by atomic mass is 16.5. The van der Waals surface area contributed by atoms with Crippen molar-refractivity contribution >= 4 is 11.9 Å². The summed E-state index contributed by atoms with van der Waals surface area (Å²) in [6.45, 7) is 2.28. The summed E-state index contributed by atoms with van der Waals surface area (Å²) in [5.41, 5.74) is -0.481. The summed E-state index contributed by atoms with van der Waals surface area (Å²) in [6, 6.07) is 6.95. The van der Waals surface area contributed by atoms with Crippen molar-refractivity contribution in [2.75, 3.05) is 13.1 Å². The molecule has 2 aromatic rings. The minimum absolute atomic E-state index is 0.197. The third-order valence-electron chi connectivity index (χ3n) is 4.30. The predicted octanol–water partition coefficient (Wildman–Crippen LogP) is 2.15. The number of likely N-dealkylation sites (tertiary alicyclic amines) is 1. The summed E-state index contributed by atoms with van der Waals surface area (Å²) >= 11 is 0. The van der Waals surface area contributed by atoms with E-state index in [1.54, 1.807) is 60.2 Å². The van der Waals surface area contributed by atoms with Crippen molar-refractivity contribution in [2.45, 2.75) is 13.3 Å². The Morgan fingerprint density at radius 2 is 2.08 bits per heavy atom. The standard InChI is InChI=1S/C17H19N3O4/c1-17(16(22)23)7-8-20(11-17)15(21)13-5-3-4-6-14(13)24-12-9-18-19(2)10-12/h3-6,9-10H,7-8,11H2,1-2H3,(H,22,23). The molecule has 1 unspecified atom stereocenters. The lowest BCUT2D eigenvalue weighted by molar-refractivity contribution is -0.147. The van der Waals surface area contributed by atoms with Gasteiger partial charge in [0.1, 0.15) is 5.75 Å². The lowest BCUT2D eigenvalue weighted by Crippen LogP contribution is -2.35. The number of hydrogen-bond donors (Lipinski definition) is 1. The Morgan fingerprint density at radius 3 is 2.71 bits per heavy atom. The first kappa shape index (κ1) is 16.0. The van der Waals surface area contributed by atoms with Crippen molar-refractivity contribution in [3.8, 4) is 11.5 Å². The summed E-state index contributed by atoms with van der Waals surface area (Å²) in [4.78, 5) is 25.7. The minimum atomic E-state index is -0.894. The maximum atomic E-state index is 12.8. The van der Waals surface area contributed by atoms with Crippen molar-refractivity contribution < 1.29 is 19.4 Å². The number of amides is 1. The van der Waals surface area contributed by atoms with Gasteiger partial charge < -0.3 is 14.7 Å². The van der Waals surface area contributed by atoms with Crippen LogP contribution in [0.1, 0.15) is 23.7 Å². The van der Waals surface area contributed by atoms with E-state index < -0.39 is 11.4 Å². The number of ether oxygens (including phenoxy) is 1. The van der Waals surface area contributed by atoms with Crippen LogP contribution in [-0.2, 0) is 11.8 Å². The van der Waals surface area contributed by atoms with E-state index >= 15 is 0 Å². The fourth-order valence-electron chi connectivity index (χ4n) is 2.79. The molecule has 0 saturated carbocycles. The van der Waals surface area contributed by atoms with E-state index in [2.05, 4.69) is 5.10 Å². The van der Waals surface area contributed by atoms with Crippen LogP contribution in [0.4, 0.5) is 0 Å². The van der Waals surface area contributed by atoms with E-state index in [9.17, 15) is 14.7 Å².